The number of hydrogen-bond acceptors (Lipinski definition) is 6. The van der Waals surface area contributed by atoms with Gasteiger partial charge in [-0.1, -0.05) is 41.6 Å². The van der Waals surface area contributed by atoms with Gasteiger partial charge in [0.15, 0.2) is 11.0 Å². The lowest BCUT2D eigenvalue weighted by atomic mass is 10.2. The maximum atomic E-state index is 13.2. The molecule has 34 heavy (non-hydrogen) atoms. The lowest BCUT2D eigenvalue weighted by Crippen LogP contribution is -2.40. The van der Waals surface area contributed by atoms with Crippen molar-refractivity contribution in [2.24, 2.45) is 0 Å². The van der Waals surface area contributed by atoms with Crippen LogP contribution in [0.5, 0.6) is 0 Å². The zero-order valence-electron chi connectivity index (χ0n) is 19.0. The van der Waals surface area contributed by atoms with Crippen molar-refractivity contribution in [2.75, 3.05) is 13.2 Å². The predicted molar refractivity (Wildman–Crippen MR) is 129 cm³/mol. The number of urea groups is 1. The van der Waals surface area contributed by atoms with Crippen LogP contribution in [0.2, 0.25) is 5.02 Å². The van der Waals surface area contributed by atoms with Crippen molar-refractivity contribution >= 4 is 35.4 Å². The highest BCUT2D eigenvalue weighted by molar-refractivity contribution is 7.98. The normalized spacial score (nSPS) is 11.7. The Labute approximate surface area is 206 Å². The van der Waals surface area contributed by atoms with E-state index < -0.39 is 18.0 Å². The van der Waals surface area contributed by atoms with E-state index in [4.69, 9.17) is 16.3 Å². The molecule has 180 valence electrons. The molecule has 0 aliphatic rings. The van der Waals surface area contributed by atoms with E-state index in [9.17, 15) is 14.0 Å². The number of rotatable bonds is 9. The van der Waals surface area contributed by atoms with Crippen LogP contribution in [0.15, 0.2) is 47.6 Å². The number of thioether (sulfide) groups is 1. The molecule has 0 radical (unpaired) electrons. The Hall–Kier alpha value is -3.11. The van der Waals surface area contributed by atoms with Gasteiger partial charge in [0.25, 0.3) is 0 Å². The molecule has 0 aliphatic carbocycles. The van der Waals surface area contributed by atoms with Gasteiger partial charge in [-0.05, 0) is 56.2 Å². The fourth-order valence-electron chi connectivity index (χ4n) is 3.11. The molecule has 2 N–H and O–H groups in total. The second-order valence-corrected chi connectivity index (χ2v) is 8.75. The van der Waals surface area contributed by atoms with E-state index in [1.54, 1.807) is 38.1 Å². The molecule has 1 heterocycles. The Kier molecular flexibility index (Phi) is 8.89. The van der Waals surface area contributed by atoms with E-state index in [0.29, 0.717) is 21.8 Å². The average Bonchev–Trinajstić information content (AvgIpc) is 3.23. The van der Waals surface area contributed by atoms with Crippen molar-refractivity contribution in [3.05, 3.63) is 70.3 Å². The van der Waals surface area contributed by atoms with E-state index in [2.05, 4.69) is 20.8 Å². The Balaban J connectivity index is 1.84. The van der Waals surface area contributed by atoms with E-state index in [1.165, 1.54) is 23.9 Å². The van der Waals surface area contributed by atoms with Gasteiger partial charge in [0.2, 0.25) is 0 Å². The molecule has 0 aliphatic heterocycles. The number of carbonyl (C=O) groups is 2. The van der Waals surface area contributed by atoms with Crippen LogP contribution < -0.4 is 10.6 Å². The lowest BCUT2D eigenvalue weighted by Gasteiger charge is -2.18. The summed E-state index contributed by atoms with van der Waals surface area (Å²) in [5.74, 6) is 0.204. The highest BCUT2D eigenvalue weighted by Crippen LogP contribution is 2.30. The summed E-state index contributed by atoms with van der Waals surface area (Å²) < 4.78 is 19.9. The number of aryl methyl sites for hydroxylation is 1. The molecule has 3 aromatic rings. The molecule has 1 aromatic heterocycles. The molecule has 0 bridgehead atoms. The molecule has 2 amide bonds. The first-order valence-electron chi connectivity index (χ1n) is 10.6. The maximum Gasteiger partial charge on any atom is 0.325 e. The fourth-order valence-corrected chi connectivity index (χ4v) is 4.18. The summed E-state index contributed by atoms with van der Waals surface area (Å²) in [7, 11) is 0. The first-order valence-corrected chi connectivity index (χ1v) is 11.9. The largest absolute Gasteiger partial charge is 0.465 e. The van der Waals surface area contributed by atoms with Gasteiger partial charge in [0.05, 0.1) is 18.3 Å². The van der Waals surface area contributed by atoms with E-state index in [1.807, 2.05) is 17.6 Å². The minimum atomic E-state index is -0.548. The van der Waals surface area contributed by atoms with Crippen LogP contribution in [0, 0.1) is 12.7 Å². The Morgan fingerprint density at radius 2 is 1.94 bits per heavy atom. The van der Waals surface area contributed by atoms with Gasteiger partial charge in [-0.15, -0.1) is 10.2 Å². The van der Waals surface area contributed by atoms with Crippen LogP contribution in [0.4, 0.5) is 9.18 Å². The monoisotopic (exact) mass is 505 g/mol. The molecule has 1 atom stereocenters. The molecule has 0 saturated carbocycles. The first kappa shape index (κ1) is 25.5. The quantitative estimate of drug-likeness (QED) is 0.326. The number of esters is 1. The summed E-state index contributed by atoms with van der Waals surface area (Å²) in [5, 5.41) is 15.0. The summed E-state index contributed by atoms with van der Waals surface area (Å²) in [6, 6.07) is 10.6. The summed E-state index contributed by atoms with van der Waals surface area (Å²) in [6.45, 7) is 5.38. The Bertz CT molecular complexity index is 1160. The number of carbonyl (C=O) groups excluding carboxylic acids is 2. The Morgan fingerprint density at radius 1 is 1.21 bits per heavy atom. The molecule has 0 spiro atoms. The molecule has 3 rings (SSSR count). The Morgan fingerprint density at radius 3 is 2.65 bits per heavy atom. The standard InChI is InChI=1S/C23H25ClFN5O3S/c1-4-33-20(31)12-26-22(32)27-15(3)21-28-29-23(34-13-16-6-9-18(25)10-7-16)30(21)19-11-17(24)8-5-14(19)2/h5-11,15H,4,12-13H2,1-3H3,(H2,26,27,32). The van der Waals surface area contributed by atoms with Crippen LogP contribution in [0.1, 0.15) is 36.8 Å². The molecule has 8 nitrogen and oxygen atoms in total. The lowest BCUT2D eigenvalue weighted by molar-refractivity contribution is -0.141. The second-order valence-electron chi connectivity index (χ2n) is 7.38. The van der Waals surface area contributed by atoms with Crippen molar-refractivity contribution in [1.29, 1.82) is 0 Å². The van der Waals surface area contributed by atoms with Gasteiger partial charge < -0.3 is 15.4 Å². The SMILES string of the molecule is CCOC(=O)CNC(=O)NC(C)c1nnc(SCc2ccc(F)cc2)n1-c1cc(Cl)ccc1C. The zero-order chi connectivity index (χ0) is 24.7. The van der Waals surface area contributed by atoms with Gasteiger partial charge in [0.1, 0.15) is 12.4 Å². The van der Waals surface area contributed by atoms with E-state index in [0.717, 1.165) is 16.8 Å². The van der Waals surface area contributed by atoms with Crippen LogP contribution in [-0.2, 0) is 15.3 Å². The summed E-state index contributed by atoms with van der Waals surface area (Å²) >= 11 is 7.69. The molecule has 2 aromatic carbocycles. The maximum absolute atomic E-state index is 13.2. The third kappa shape index (κ3) is 6.71. The molecule has 0 saturated heterocycles. The number of hydrogen-bond donors (Lipinski definition) is 2. The van der Waals surface area contributed by atoms with Crippen LogP contribution in [0.25, 0.3) is 5.69 Å². The number of amides is 2. The van der Waals surface area contributed by atoms with E-state index in [-0.39, 0.29) is 19.0 Å². The third-order valence-corrected chi connectivity index (χ3v) is 6.02. The highest BCUT2D eigenvalue weighted by atomic mass is 35.5. The molecule has 0 fully saturated rings. The van der Waals surface area contributed by atoms with E-state index >= 15 is 0 Å². The van der Waals surface area contributed by atoms with Gasteiger partial charge in [0, 0.05) is 10.8 Å². The van der Waals surface area contributed by atoms with Gasteiger partial charge in [-0.25, -0.2) is 9.18 Å². The smallest absolute Gasteiger partial charge is 0.325 e. The molecular formula is C23H25ClFN5O3S. The third-order valence-electron chi connectivity index (χ3n) is 4.79. The van der Waals surface area contributed by atoms with Crippen LogP contribution >= 0.6 is 23.4 Å². The van der Waals surface area contributed by atoms with Gasteiger partial charge in [-0.3, -0.25) is 9.36 Å². The van der Waals surface area contributed by atoms with Gasteiger partial charge in [-0.2, -0.15) is 0 Å². The number of nitrogens with one attached hydrogen (secondary N) is 2. The van der Waals surface area contributed by atoms with Crippen molar-refractivity contribution in [2.45, 2.75) is 37.7 Å². The second kappa shape index (κ2) is 11.8. The topological polar surface area (TPSA) is 98.1 Å². The fraction of sp³-hybridized carbons (Fsp3) is 0.304. The van der Waals surface area contributed by atoms with Crippen LogP contribution in [-0.4, -0.2) is 39.9 Å². The minimum absolute atomic E-state index is 0.235. The number of aromatic nitrogens is 3. The van der Waals surface area contributed by atoms with Gasteiger partial charge >= 0.3 is 12.0 Å². The summed E-state index contributed by atoms with van der Waals surface area (Å²) in [4.78, 5) is 23.8. The predicted octanol–water partition coefficient (Wildman–Crippen LogP) is 4.58. The average molecular weight is 506 g/mol. The highest BCUT2D eigenvalue weighted by Gasteiger charge is 2.22. The van der Waals surface area contributed by atoms with Crippen LogP contribution in [0.3, 0.4) is 0 Å². The molecule has 11 heteroatoms. The zero-order valence-corrected chi connectivity index (χ0v) is 20.5. The number of ether oxygens (including phenoxy) is 1. The minimum Gasteiger partial charge on any atom is -0.465 e. The molecular weight excluding hydrogens is 481 g/mol. The number of nitrogens with zero attached hydrogens (tertiary/aromatic N) is 3. The van der Waals surface area contributed by atoms with Crippen molar-refractivity contribution in [3.8, 4) is 5.69 Å². The molecule has 1 unspecified atom stereocenters. The summed E-state index contributed by atoms with van der Waals surface area (Å²) in [5.41, 5.74) is 2.64. The van der Waals surface area contributed by atoms with Crippen molar-refractivity contribution in [1.82, 2.24) is 25.4 Å². The summed E-state index contributed by atoms with van der Waals surface area (Å²) in [6.07, 6.45) is 0. The van der Waals surface area contributed by atoms with Crippen molar-refractivity contribution < 1.29 is 18.7 Å². The first-order chi connectivity index (χ1) is 16.3. The number of halogens is 2. The van der Waals surface area contributed by atoms with Crippen molar-refractivity contribution in [3.63, 3.8) is 0 Å². The number of benzene rings is 2.